The van der Waals surface area contributed by atoms with Crippen molar-refractivity contribution in [3.05, 3.63) is 52.8 Å². The maximum Gasteiger partial charge on any atom is 0.266 e. The molecule has 1 saturated heterocycles. The van der Waals surface area contributed by atoms with Gasteiger partial charge in [0.2, 0.25) is 0 Å². The van der Waals surface area contributed by atoms with Crippen molar-refractivity contribution in [2.75, 3.05) is 26.2 Å². The van der Waals surface area contributed by atoms with Crippen molar-refractivity contribution in [2.45, 2.75) is 18.6 Å². The zero-order chi connectivity index (χ0) is 16.1. The lowest BCUT2D eigenvalue weighted by atomic mass is 10.0. The van der Waals surface area contributed by atoms with Crippen molar-refractivity contribution < 1.29 is 5.11 Å². The number of benzene rings is 1. The number of nitrogens with one attached hydrogen (secondary N) is 2. The van der Waals surface area contributed by atoms with E-state index in [0.717, 1.165) is 24.2 Å². The minimum Gasteiger partial charge on any atom is -0.387 e. The highest BCUT2D eigenvalue weighted by Gasteiger charge is 2.30. The SMILES string of the molecule is Cl.Cl.O=c1ccc(-c2ccccc2)nn1CCNCC1(O)CCNC1. The van der Waals surface area contributed by atoms with Crippen LogP contribution in [-0.2, 0) is 6.54 Å². The third-order valence-electron chi connectivity index (χ3n) is 4.11. The summed E-state index contributed by atoms with van der Waals surface area (Å²) < 4.78 is 1.46. The number of nitrogens with zero attached hydrogens (tertiary/aromatic N) is 2. The van der Waals surface area contributed by atoms with Crippen LogP contribution in [0.25, 0.3) is 11.3 Å². The Labute approximate surface area is 159 Å². The van der Waals surface area contributed by atoms with E-state index >= 15 is 0 Å². The largest absolute Gasteiger partial charge is 0.387 e. The summed E-state index contributed by atoms with van der Waals surface area (Å²) in [4.78, 5) is 11.9. The Morgan fingerprint density at radius 3 is 2.64 bits per heavy atom. The molecule has 25 heavy (non-hydrogen) atoms. The van der Waals surface area contributed by atoms with Gasteiger partial charge in [0.15, 0.2) is 0 Å². The molecule has 8 heteroatoms. The molecule has 3 N–H and O–H groups in total. The minimum atomic E-state index is -0.676. The van der Waals surface area contributed by atoms with Crippen LogP contribution in [0.3, 0.4) is 0 Å². The molecule has 138 valence electrons. The van der Waals surface area contributed by atoms with Gasteiger partial charge >= 0.3 is 0 Å². The number of rotatable bonds is 6. The number of halogens is 2. The van der Waals surface area contributed by atoms with Gasteiger partial charge in [0.1, 0.15) is 0 Å². The molecule has 1 aliphatic rings. The van der Waals surface area contributed by atoms with E-state index in [-0.39, 0.29) is 30.4 Å². The van der Waals surface area contributed by atoms with Gasteiger partial charge in [0.05, 0.1) is 17.8 Å². The van der Waals surface area contributed by atoms with Crippen LogP contribution in [-0.4, -0.2) is 46.7 Å². The minimum absolute atomic E-state index is 0. The van der Waals surface area contributed by atoms with E-state index in [1.807, 2.05) is 30.3 Å². The molecule has 0 aliphatic carbocycles. The molecule has 0 bridgehead atoms. The molecule has 1 aliphatic heterocycles. The van der Waals surface area contributed by atoms with E-state index < -0.39 is 5.60 Å². The number of hydrogen-bond acceptors (Lipinski definition) is 5. The Morgan fingerprint density at radius 1 is 1.20 bits per heavy atom. The highest BCUT2D eigenvalue weighted by atomic mass is 35.5. The number of hydrogen-bond donors (Lipinski definition) is 3. The fourth-order valence-corrected chi connectivity index (χ4v) is 2.76. The van der Waals surface area contributed by atoms with Gasteiger partial charge in [-0.3, -0.25) is 4.79 Å². The van der Waals surface area contributed by atoms with Crippen molar-refractivity contribution in [2.24, 2.45) is 0 Å². The van der Waals surface area contributed by atoms with Crippen LogP contribution in [0.2, 0.25) is 0 Å². The Kier molecular flexibility index (Phi) is 8.55. The molecule has 2 aromatic rings. The predicted octanol–water partition coefficient (Wildman–Crippen LogP) is 1.07. The van der Waals surface area contributed by atoms with Gasteiger partial charge in [-0.15, -0.1) is 24.8 Å². The Bertz CT molecular complexity index is 703. The number of aliphatic hydroxyl groups is 1. The van der Waals surface area contributed by atoms with Crippen LogP contribution < -0.4 is 16.2 Å². The smallest absolute Gasteiger partial charge is 0.266 e. The lowest BCUT2D eigenvalue weighted by Crippen LogP contribution is -2.43. The monoisotopic (exact) mass is 386 g/mol. The lowest BCUT2D eigenvalue weighted by molar-refractivity contribution is 0.0610. The summed E-state index contributed by atoms with van der Waals surface area (Å²) in [5, 5.41) is 21.0. The fraction of sp³-hybridized carbons (Fsp3) is 0.412. The maximum absolute atomic E-state index is 11.9. The first kappa shape index (κ1) is 21.6. The van der Waals surface area contributed by atoms with E-state index in [1.54, 1.807) is 12.1 Å². The molecule has 1 fully saturated rings. The van der Waals surface area contributed by atoms with E-state index in [2.05, 4.69) is 15.7 Å². The predicted molar refractivity (Wildman–Crippen MR) is 104 cm³/mol. The first-order chi connectivity index (χ1) is 11.2. The molecule has 2 heterocycles. The summed E-state index contributed by atoms with van der Waals surface area (Å²) in [5.41, 5.74) is 0.974. The van der Waals surface area contributed by atoms with Crippen LogP contribution in [0.1, 0.15) is 6.42 Å². The van der Waals surface area contributed by atoms with Gasteiger partial charge < -0.3 is 15.7 Å². The van der Waals surface area contributed by atoms with Gasteiger partial charge in [-0.1, -0.05) is 30.3 Å². The topological polar surface area (TPSA) is 79.2 Å². The maximum atomic E-state index is 11.9. The third kappa shape index (κ3) is 5.80. The molecule has 0 spiro atoms. The lowest BCUT2D eigenvalue weighted by Gasteiger charge is -2.21. The summed E-state index contributed by atoms with van der Waals surface area (Å²) in [6, 6.07) is 13.1. The first-order valence-electron chi connectivity index (χ1n) is 7.94. The van der Waals surface area contributed by atoms with E-state index in [4.69, 9.17) is 0 Å². The summed E-state index contributed by atoms with van der Waals surface area (Å²) in [6.07, 6.45) is 0.752. The summed E-state index contributed by atoms with van der Waals surface area (Å²) >= 11 is 0. The van der Waals surface area contributed by atoms with E-state index in [0.29, 0.717) is 26.2 Å². The molecule has 6 nitrogen and oxygen atoms in total. The standard InChI is InChI=1S/C17H22N4O2.2ClH/c22-16-7-6-15(14-4-2-1-3-5-14)20-21(16)11-10-19-13-17(23)8-9-18-12-17;;/h1-7,18-19,23H,8-13H2;2*1H. The highest BCUT2D eigenvalue weighted by Crippen LogP contribution is 2.14. The molecule has 0 saturated carbocycles. The summed E-state index contributed by atoms with van der Waals surface area (Å²) in [5.74, 6) is 0. The molecule has 1 aromatic carbocycles. The van der Waals surface area contributed by atoms with Crippen LogP contribution in [0.4, 0.5) is 0 Å². The molecule has 0 amide bonds. The Balaban J connectivity index is 0.00000156. The van der Waals surface area contributed by atoms with Gasteiger partial charge in [0, 0.05) is 31.3 Å². The summed E-state index contributed by atoms with van der Waals surface area (Å²) in [6.45, 7) is 3.05. The van der Waals surface area contributed by atoms with Crippen molar-refractivity contribution >= 4 is 24.8 Å². The summed E-state index contributed by atoms with van der Waals surface area (Å²) in [7, 11) is 0. The molecule has 0 radical (unpaired) electrons. The molecular formula is C17H24Cl2N4O2. The average Bonchev–Trinajstić information content (AvgIpc) is 3.01. The van der Waals surface area contributed by atoms with Crippen molar-refractivity contribution in [3.8, 4) is 11.3 Å². The van der Waals surface area contributed by atoms with Crippen LogP contribution in [0.15, 0.2) is 47.3 Å². The number of β-amino-alcohol motifs (C(OH)–C–C–N with tert-alkyl or cyclic N) is 1. The Hall–Kier alpha value is -1.44. The highest BCUT2D eigenvalue weighted by molar-refractivity contribution is 5.85. The van der Waals surface area contributed by atoms with Gasteiger partial charge in [0.25, 0.3) is 5.56 Å². The zero-order valence-corrected chi connectivity index (χ0v) is 15.5. The Morgan fingerprint density at radius 2 is 1.96 bits per heavy atom. The average molecular weight is 387 g/mol. The quantitative estimate of drug-likeness (QED) is 0.647. The van der Waals surface area contributed by atoms with Crippen LogP contribution in [0, 0.1) is 0 Å². The van der Waals surface area contributed by atoms with Crippen molar-refractivity contribution in [1.29, 1.82) is 0 Å². The second-order valence-electron chi connectivity index (χ2n) is 5.97. The van der Waals surface area contributed by atoms with Crippen molar-refractivity contribution in [3.63, 3.8) is 0 Å². The van der Waals surface area contributed by atoms with Crippen LogP contribution >= 0.6 is 24.8 Å². The number of aromatic nitrogens is 2. The normalized spacial score (nSPS) is 19.1. The third-order valence-corrected chi connectivity index (χ3v) is 4.11. The van der Waals surface area contributed by atoms with E-state index in [1.165, 1.54) is 4.68 Å². The van der Waals surface area contributed by atoms with Gasteiger partial charge in [-0.05, 0) is 19.0 Å². The molecule has 1 aromatic heterocycles. The molecule has 1 atom stereocenters. The van der Waals surface area contributed by atoms with Crippen molar-refractivity contribution in [1.82, 2.24) is 20.4 Å². The van der Waals surface area contributed by atoms with Gasteiger partial charge in [-0.25, -0.2) is 4.68 Å². The molecular weight excluding hydrogens is 363 g/mol. The second kappa shape index (κ2) is 9.89. The van der Waals surface area contributed by atoms with Gasteiger partial charge in [-0.2, -0.15) is 5.10 Å². The first-order valence-corrected chi connectivity index (χ1v) is 7.94. The second-order valence-corrected chi connectivity index (χ2v) is 5.97. The molecule has 1 unspecified atom stereocenters. The fourth-order valence-electron chi connectivity index (χ4n) is 2.76. The van der Waals surface area contributed by atoms with Crippen LogP contribution in [0.5, 0.6) is 0 Å². The molecule has 3 rings (SSSR count). The zero-order valence-electron chi connectivity index (χ0n) is 13.9. The van der Waals surface area contributed by atoms with E-state index in [9.17, 15) is 9.90 Å².